The highest BCUT2D eigenvalue weighted by atomic mass is 16.6. The Balaban J connectivity index is 2.91. The van der Waals surface area contributed by atoms with Gasteiger partial charge in [0.2, 0.25) is 0 Å². The van der Waals surface area contributed by atoms with E-state index in [0.29, 0.717) is 6.42 Å². The van der Waals surface area contributed by atoms with E-state index in [1.54, 1.807) is 6.07 Å². The van der Waals surface area contributed by atoms with Gasteiger partial charge in [0.15, 0.2) is 0 Å². The maximum atomic E-state index is 10.7. The Labute approximate surface area is 99.2 Å². The van der Waals surface area contributed by atoms with Crippen LogP contribution in [-0.2, 0) is 4.79 Å². The highest BCUT2D eigenvalue weighted by molar-refractivity contribution is 5.66. The number of nitro benzene ring substituents is 1. The number of carbonyl (C=O) groups is 1. The van der Waals surface area contributed by atoms with E-state index in [1.165, 1.54) is 12.1 Å². The summed E-state index contributed by atoms with van der Waals surface area (Å²) < 4.78 is 0. The van der Waals surface area contributed by atoms with E-state index >= 15 is 0 Å². The van der Waals surface area contributed by atoms with Gasteiger partial charge in [0.1, 0.15) is 0 Å². The third kappa shape index (κ3) is 3.55. The lowest BCUT2D eigenvalue weighted by atomic mass is 9.92. The van der Waals surface area contributed by atoms with Crippen LogP contribution in [-0.4, -0.2) is 16.0 Å². The van der Waals surface area contributed by atoms with Crippen LogP contribution in [0.5, 0.6) is 0 Å². The van der Waals surface area contributed by atoms with Gasteiger partial charge in [0, 0.05) is 18.6 Å². The number of carboxylic acid groups (broad SMARTS) is 1. The van der Waals surface area contributed by atoms with Gasteiger partial charge in [-0.05, 0) is 30.4 Å². The predicted octanol–water partition coefficient (Wildman–Crippen LogP) is 2.87. The number of nitro groups is 1. The fourth-order valence-corrected chi connectivity index (χ4v) is 1.77. The Kier molecular flexibility index (Phi) is 4.20. The van der Waals surface area contributed by atoms with Gasteiger partial charge in [-0.25, -0.2) is 0 Å². The van der Waals surface area contributed by atoms with E-state index in [-0.39, 0.29) is 18.0 Å². The first-order valence-electron chi connectivity index (χ1n) is 5.38. The highest BCUT2D eigenvalue weighted by Gasteiger charge is 2.14. The van der Waals surface area contributed by atoms with Crippen LogP contribution in [0.3, 0.4) is 0 Å². The number of carboxylic acids is 1. The third-order valence-electron chi connectivity index (χ3n) is 2.80. The van der Waals surface area contributed by atoms with Crippen LogP contribution in [0.15, 0.2) is 18.2 Å². The summed E-state index contributed by atoms with van der Waals surface area (Å²) in [5, 5.41) is 19.3. The summed E-state index contributed by atoms with van der Waals surface area (Å²) in [6.07, 6.45) is 0.556. The van der Waals surface area contributed by atoms with Crippen LogP contribution in [0.4, 0.5) is 5.69 Å². The van der Waals surface area contributed by atoms with Crippen molar-refractivity contribution in [2.24, 2.45) is 0 Å². The Morgan fingerprint density at radius 2 is 2.18 bits per heavy atom. The zero-order valence-corrected chi connectivity index (χ0v) is 9.84. The van der Waals surface area contributed by atoms with Crippen molar-refractivity contribution in [1.29, 1.82) is 0 Å². The molecule has 5 heteroatoms. The standard InChI is InChI=1S/C12H15NO4/c1-8-3-5-10(13(16)17)7-11(8)9(2)4-6-12(14)15/h3,5,7,9H,4,6H2,1-2H3,(H,14,15). The average Bonchev–Trinajstić information content (AvgIpc) is 2.26. The molecule has 0 fully saturated rings. The van der Waals surface area contributed by atoms with Gasteiger partial charge in [-0.15, -0.1) is 0 Å². The van der Waals surface area contributed by atoms with Crippen LogP contribution >= 0.6 is 0 Å². The van der Waals surface area contributed by atoms with Gasteiger partial charge in [-0.1, -0.05) is 13.0 Å². The normalized spacial score (nSPS) is 12.1. The summed E-state index contributed by atoms with van der Waals surface area (Å²) >= 11 is 0. The monoisotopic (exact) mass is 237 g/mol. The van der Waals surface area contributed by atoms with Crippen LogP contribution in [0, 0.1) is 17.0 Å². The molecule has 0 aliphatic carbocycles. The van der Waals surface area contributed by atoms with Crippen molar-refractivity contribution in [2.75, 3.05) is 0 Å². The molecule has 1 aromatic carbocycles. The minimum Gasteiger partial charge on any atom is -0.481 e. The summed E-state index contributed by atoms with van der Waals surface area (Å²) in [4.78, 5) is 20.7. The first-order chi connectivity index (χ1) is 7.91. The van der Waals surface area contributed by atoms with Gasteiger partial charge in [-0.3, -0.25) is 14.9 Å². The number of hydrogen-bond acceptors (Lipinski definition) is 3. The smallest absolute Gasteiger partial charge is 0.303 e. The molecule has 0 spiro atoms. The molecule has 0 aliphatic heterocycles. The fourth-order valence-electron chi connectivity index (χ4n) is 1.77. The van der Waals surface area contributed by atoms with Crippen molar-refractivity contribution in [2.45, 2.75) is 32.6 Å². The molecule has 0 radical (unpaired) electrons. The Morgan fingerprint density at radius 3 is 2.71 bits per heavy atom. The van der Waals surface area contributed by atoms with Crippen LogP contribution < -0.4 is 0 Å². The summed E-state index contributed by atoms with van der Waals surface area (Å²) in [6, 6.07) is 4.69. The summed E-state index contributed by atoms with van der Waals surface area (Å²) in [6.45, 7) is 3.76. The molecule has 0 aromatic heterocycles. The maximum absolute atomic E-state index is 10.7. The third-order valence-corrected chi connectivity index (χ3v) is 2.80. The molecule has 17 heavy (non-hydrogen) atoms. The minimum atomic E-state index is -0.847. The lowest BCUT2D eigenvalue weighted by Gasteiger charge is -2.13. The van der Waals surface area contributed by atoms with Crippen molar-refractivity contribution in [1.82, 2.24) is 0 Å². The molecule has 1 N–H and O–H groups in total. The number of aryl methyl sites for hydroxylation is 1. The van der Waals surface area contributed by atoms with Gasteiger partial charge < -0.3 is 5.11 Å². The van der Waals surface area contributed by atoms with E-state index in [2.05, 4.69) is 0 Å². The van der Waals surface area contributed by atoms with Crippen molar-refractivity contribution in [3.05, 3.63) is 39.4 Å². The van der Waals surface area contributed by atoms with Gasteiger partial charge in [-0.2, -0.15) is 0 Å². The molecule has 0 aliphatic rings. The Bertz CT molecular complexity index is 442. The summed E-state index contributed by atoms with van der Waals surface area (Å²) in [5.41, 5.74) is 1.85. The second kappa shape index (κ2) is 5.43. The van der Waals surface area contributed by atoms with Crippen molar-refractivity contribution in [3.63, 3.8) is 0 Å². The molecule has 0 amide bonds. The first-order valence-corrected chi connectivity index (χ1v) is 5.38. The van der Waals surface area contributed by atoms with E-state index in [1.807, 2.05) is 13.8 Å². The molecule has 0 saturated heterocycles. The number of rotatable bonds is 5. The molecule has 0 bridgehead atoms. The van der Waals surface area contributed by atoms with Crippen LogP contribution in [0.1, 0.15) is 36.8 Å². The molecule has 1 unspecified atom stereocenters. The quantitative estimate of drug-likeness (QED) is 0.630. The first kappa shape index (κ1) is 13.2. The second-order valence-corrected chi connectivity index (χ2v) is 4.13. The second-order valence-electron chi connectivity index (χ2n) is 4.13. The maximum Gasteiger partial charge on any atom is 0.303 e. The lowest BCUT2D eigenvalue weighted by molar-refractivity contribution is -0.384. The zero-order valence-electron chi connectivity index (χ0n) is 9.84. The minimum absolute atomic E-state index is 0.00556. The molecule has 0 heterocycles. The molecule has 1 aromatic rings. The molecule has 1 atom stereocenters. The molecule has 92 valence electrons. The molecule has 0 saturated carbocycles. The average molecular weight is 237 g/mol. The number of hydrogen-bond donors (Lipinski definition) is 1. The fraction of sp³-hybridized carbons (Fsp3) is 0.417. The van der Waals surface area contributed by atoms with E-state index in [4.69, 9.17) is 5.11 Å². The Hall–Kier alpha value is -1.91. The molecular weight excluding hydrogens is 222 g/mol. The zero-order chi connectivity index (χ0) is 13.0. The topological polar surface area (TPSA) is 80.4 Å². The Morgan fingerprint density at radius 1 is 1.53 bits per heavy atom. The van der Waals surface area contributed by atoms with Crippen molar-refractivity contribution < 1.29 is 14.8 Å². The number of benzene rings is 1. The lowest BCUT2D eigenvalue weighted by Crippen LogP contribution is -2.02. The molecule has 1 rings (SSSR count). The van der Waals surface area contributed by atoms with Gasteiger partial charge in [0.25, 0.3) is 5.69 Å². The van der Waals surface area contributed by atoms with Crippen LogP contribution in [0.25, 0.3) is 0 Å². The largest absolute Gasteiger partial charge is 0.481 e. The van der Waals surface area contributed by atoms with E-state index in [9.17, 15) is 14.9 Å². The SMILES string of the molecule is Cc1ccc([N+](=O)[O-])cc1C(C)CCC(=O)O. The number of nitrogens with zero attached hydrogens (tertiary/aromatic N) is 1. The predicted molar refractivity (Wildman–Crippen MR) is 63.1 cm³/mol. The highest BCUT2D eigenvalue weighted by Crippen LogP contribution is 2.27. The summed E-state index contributed by atoms with van der Waals surface area (Å²) in [5.74, 6) is -0.842. The van der Waals surface area contributed by atoms with Crippen molar-refractivity contribution in [3.8, 4) is 0 Å². The van der Waals surface area contributed by atoms with Gasteiger partial charge >= 0.3 is 5.97 Å². The van der Waals surface area contributed by atoms with E-state index in [0.717, 1.165) is 11.1 Å². The van der Waals surface area contributed by atoms with Gasteiger partial charge in [0.05, 0.1) is 4.92 Å². The van der Waals surface area contributed by atoms with E-state index < -0.39 is 10.9 Å². The summed E-state index contributed by atoms with van der Waals surface area (Å²) in [7, 11) is 0. The van der Waals surface area contributed by atoms with Crippen LogP contribution in [0.2, 0.25) is 0 Å². The molecular formula is C12H15NO4. The van der Waals surface area contributed by atoms with Crippen molar-refractivity contribution >= 4 is 11.7 Å². The number of non-ortho nitro benzene ring substituents is 1. The number of aliphatic carboxylic acids is 1. The molecule has 5 nitrogen and oxygen atoms in total.